The van der Waals surface area contributed by atoms with Gasteiger partial charge >= 0.3 is 12.2 Å². The van der Waals surface area contributed by atoms with E-state index in [1.54, 1.807) is 6.92 Å². The second-order valence-corrected chi connectivity index (χ2v) is 7.14. The van der Waals surface area contributed by atoms with Crippen LogP contribution in [0, 0.1) is 11.6 Å². The van der Waals surface area contributed by atoms with E-state index in [0.29, 0.717) is 12.5 Å². The standard InChI is InChI=1S/C20H23F5N4O3/c1-3-4-15(28-17(30)7-12-5-13(21)8-14(22)6-12)18(31)29-19-26-9-16(32-19)11(2)27-10-20(23,24)25/h5-6,8-9,11,15,27H,3-4,7,10H2,1-2H3,(H,28,30)(H,26,29,31). The van der Waals surface area contributed by atoms with Crippen molar-refractivity contribution in [2.75, 3.05) is 11.9 Å². The molecule has 1 aromatic heterocycles. The summed E-state index contributed by atoms with van der Waals surface area (Å²) in [5.74, 6) is -2.85. The number of aromatic nitrogens is 1. The molecule has 2 amide bonds. The average molecular weight is 462 g/mol. The Labute approximate surface area is 180 Å². The van der Waals surface area contributed by atoms with Crippen molar-refractivity contribution in [1.29, 1.82) is 0 Å². The van der Waals surface area contributed by atoms with Gasteiger partial charge in [0.05, 0.1) is 25.2 Å². The van der Waals surface area contributed by atoms with Crippen LogP contribution in [-0.4, -0.2) is 35.6 Å². The van der Waals surface area contributed by atoms with Gasteiger partial charge in [0.25, 0.3) is 5.91 Å². The number of halogens is 5. The highest BCUT2D eigenvalue weighted by Gasteiger charge is 2.28. The van der Waals surface area contributed by atoms with Crippen molar-refractivity contribution in [2.45, 2.75) is 51.4 Å². The number of anilines is 1. The number of nitrogens with one attached hydrogen (secondary N) is 3. The first-order valence-corrected chi connectivity index (χ1v) is 9.78. The third-order valence-corrected chi connectivity index (χ3v) is 4.31. The molecular weight excluding hydrogens is 439 g/mol. The molecule has 0 bridgehead atoms. The fourth-order valence-corrected chi connectivity index (χ4v) is 2.81. The predicted molar refractivity (Wildman–Crippen MR) is 105 cm³/mol. The highest BCUT2D eigenvalue weighted by molar-refractivity contribution is 5.96. The summed E-state index contributed by atoms with van der Waals surface area (Å²) in [6, 6.07) is 0.668. The van der Waals surface area contributed by atoms with E-state index in [9.17, 15) is 31.5 Å². The maximum Gasteiger partial charge on any atom is 0.401 e. The van der Waals surface area contributed by atoms with E-state index in [2.05, 4.69) is 20.9 Å². The Hall–Kier alpha value is -3.02. The molecule has 0 saturated heterocycles. The van der Waals surface area contributed by atoms with Crippen LogP contribution >= 0.6 is 0 Å². The number of amides is 2. The van der Waals surface area contributed by atoms with Gasteiger partial charge in [0.2, 0.25) is 5.91 Å². The van der Waals surface area contributed by atoms with Crippen LogP contribution in [-0.2, 0) is 16.0 Å². The third kappa shape index (κ3) is 8.25. The van der Waals surface area contributed by atoms with Gasteiger partial charge < -0.3 is 9.73 Å². The van der Waals surface area contributed by atoms with Gasteiger partial charge in [-0.3, -0.25) is 20.2 Å². The largest absolute Gasteiger partial charge is 0.427 e. The number of alkyl halides is 3. The Morgan fingerprint density at radius 3 is 2.41 bits per heavy atom. The van der Waals surface area contributed by atoms with Crippen molar-refractivity contribution in [2.24, 2.45) is 0 Å². The van der Waals surface area contributed by atoms with Crippen molar-refractivity contribution in [3.8, 4) is 0 Å². The molecule has 0 spiro atoms. The molecule has 2 rings (SSSR count). The van der Waals surface area contributed by atoms with Gasteiger partial charge in [-0.2, -0.15) is 13.2 Å². The summed E-state index contributed by atoms with van der Waals surface area (Å²) in [6.45, 7) is 2.00. The zero-order valence-electron chi connectivity index (χ0n) is 17.4. The van der Waals surface area contributed by atoms with Gasteiger partial charge in [0.1, 0.15) is 23.4 Å². The number of carbonyl (C=O) groups excluding carboxylic acids is 2. The molecule has 12 heteroatoms. The number of benzene rings is 1. The number of nitrogens with zero attached hydrogens (tertiary/aromatic N) is 1. The molecule has 2 unspecified atom stereocenters. The van der Waals surface area contributed by atoms with Crippen molar-refractivity contribution in [3.63, 3.8) is 0 Å². The van der Waals surface area contributed by atoms with Crippen molar-refractivity contribution in [3.05, 3.63) is 47.4 Å². The number of oxazole rings is 1. The quantitative estimate of drug-likeness (QED) is 0.469. The minimum atomic E-state index is -4.39. The van der Waals surface area contributed by atoms with E-state index in [1.165, 1.54) is 13.1 Å². The molecule has 0 fully saturated rings. The lowest BCUT2D eigenvalue weighted by Gasteiger charge is -2.17. The second-order valence-electron chi connectivity index (χ2n) is 7.14. The summed E-state index contributed by atoms with van der Waals surface area (Å²) in [6.07, 6.45) is -2.77. The molecule has 0 saturated carbocycles. The Morgan fingerprint density at radius 2 is 1.81 bits per heavy atom. The first-order valence-electron chi connectivity index (χ1n) is 9.78. The van der Waals surface area contributed by atoms with Crippen molar-refractivity contribution < 1.29 is 36.0 Å². The molecule has 2 aromatic rings. The first-order chi connectivity index (χ1) is 15.0. The van der Waals surface area contributed by atoms with Crippen LogP contribution in [0.5, 0.6) is 0 Å². The van der Waals surface area contributed by atoms with Crippen LogP contribution in [0.3, 0.4) is 0 Å². The molecular formula is C20H23F5N4O3. The molecule has 0 aliphatic rings. The Bertz CT molecular complexity index is 912. The predicted octanol–water partition coefficient (Wildman–Crippen LogP) is 3.63. The summed E-state index contributed by atoms with van der Waals surface area (Å²) < 4.78 is 68.8. The van der Waals surface area contributed by atoms with Crippen LogP contribution in [0.25, 0.3) is 0 Å². The lowest BCUT2D eigenvalue weighted by atomic mass is 10.1. The average Bonchev–Trinajstić information content (AvgIpc) is 3.12. The fourth-order valence-electron chi connectivity index (χ4n) is 2.81. The topological polar surface area (TPSA) is 96.3 Å². The van der Waals surface area contributed by atoms with E-state index >= 15 is 0 Å². The van der Waals surface area contributed by atoms with Crippen LogP contribution in [0.1, 0.15) is 44.1 Å². The fraction of sp³-hybridized carbons (Fsp3) is 0.450. The van der Waals surface area contributed by atoms with Crippen LogP contribution in [0.2, 0.25) is 0 Å². The Balaban J connectivity index is 1.96. The smallest absolute Gasteiger partial charge is 0.401 e. The van der Waals surface area contributed by atoms with Gasteiger partial charge in [0.15, 0.2) is 0 Å². The number of rotatable bonds is 10. The second kappa shape index (κ2) is 11.0. The molecule has 32 heavy (non-hydrogen) atoms. The summed E-state index contributed by atoms with van der Waals surface area (Å²) in [5, 5.41) is 7.07. The first kappa shape index (κ1) is 25.2. The lowest BCUT2D eigenvalue weighted by Crippen LogP contribution is -2.44. The SMILES string of the molecule is CCCC(NC(=O)Cc1cc(F)cc(F)c1)C(=O)Nc1ncc(C(C)NCC(F)(F)F)o1. The van der Waals surface area contributed by atoms with E-state index in [4.69, 9.17) is 4.42 Å². The highest BCUT2D eigenvalue weighted by atomic mass is 19.4. The van der Waals surface area contributed by atoms with Crippen molar-refractivity contribution in [1.82, 2.24) is 15.6 Å². The van der Waals surface area contributed by atoms with Gasteiger partial charge in [-0.25, -0.2) is 13.8 Å². The lowest BCUT2D eigenvalue weighted by molar-refractivity contribution is -0.126. The molecule has 7 nitrogen and oxygen atoms in total. The molecule has 176 valence electrons. The van der Waals surface area contributed by atoms with E-state index in [1.807, 2.05) is 0 Å². The van der Waals surface area contributed by atoms with Gasteiger partial charge in [-0.15, -0.1) is 0 Å². The van der Waals surface area contributed by atoms with Crippen LogP contribution in [0.15, 0.2) is 28.8 Å². The molecule has 0 radical (unpaired) electrons. The minimum absolute atomic E-state index is 0.0776. The van der Waals surface area contributed by atoms with Crippen LogP contribution in [0.4, 0.5) is 28.0 Å². The molecule has 0 aliphatic heterocycles. The van der Waals surface area contributed by atoms with Crippen LogP contribution < -0.4 is 16.0 Å². The summed E-state index contributed by atoms with van der Waals surface area (Å²) in [7, 11) is 0. The molecule has 0 aliphatic carbocycles. The van der Waals surface area contributed by atoms with E-state index in [0.717, 1.165) is 12.1 Å². The summed E-state index contributed by atoms with van der Waals surface area (Å²) in [5.41, 5.74) is 0.105. The van der Waals surface area contributed by atoms with Gasteiger partial charge in [-0.1, -0.05) is 13.3 Å². The maximum absolute atomic E-state index is 13.3. The van der Waals surface area contributed by atoms with Gasteiger partial charge in [-0.05, 0) is 31.0 Å². The Kier molecular flexibility index (Phi) is 8.70. The minimum Gasteiger partial charge on any atom is -0.427 e. The normalized spacial score (nSPS) is 13.5. The number of hydrogen-bond donors (Lipinski definition) is 3. The monoisotopic (exact) mass is 462 g/mol. The molecule has 1 aromatic carbocycles. The summed E-state index contributed by atoms with van der Waals surface area (Å²) >= 11 is 0. The van der Waals surface area contributed by atoms with Gasteiger partial charge in [0, 0.05) is 6.07 Å². The summed E-state index contributed by atoms with van der Waals surface area (Å²) in [4.78, 5) is 28.6. The third-order valence-electron chi connectivity index (χ3n) is 4.31. The number of hydrogen-bond acceptors (Lipinski definition) is 5. The zero-order chi connectivity index (χ0) is 23.9. The molecule has 1 heterocycles. The molecule has 3 N–H and O–H groups in total. The van der Waals surface area contributed by atoms with E-state index < -0.39 is 48.3 Å². The van der Waals surface area contributed by atoms with E-state index in [-0.39, 0.29) is 30.2 Å². The maximum atomic E-state index is 13.3. The number of carbonyl (C=O) groups is 2. The van der Waals surface area contributed by atoms with Crippen molar-refractivity contribution >= 4 is 17.8 Å². The molecule has 2 atom stereocenters. The highest BCUT2D eigenvalue weighted by Crippen LogP contribution is 2.20. The Morgan fingerprint density at radius 1 is 1.16 bits per heavy atom. The zero-order valence-corrected chi connectivity index (χ0v) is 17.4.